The second-order valence-corrected chi connectivity index (χ2v) is 19.2. The summed E-state index contributed by atoms with van der Waals surface area (Å²) in [5, 5.41) is 15.0. The number of benzene rings is 3. The second-order valence-electron chi connectivity index (χ2n) is 19.2. The number of nitrogens with zero attached hydrogens (tertiary/aromatic N) is 4. The molecule has 3 aromatic rings. The summed E-state index contributed by atoms with van der Waals surface area (Å²) in [5.74, 6) is -0.447. The van der Waals surface area contributed by atoms with E-state index in [9.17, 15) is 29.2 Å². The van der Waals surface area contributed by atoms with Crippen molar-refractivity contribution in [3.63, 3.8) is 0 Å². The quantitative estimate of drug-likeness (QED) is 0.209. The highest BCUT2D eigenvalue weighted by atomic mass is 16.5. The summed E-state index contributed by atoms with van der Waals surface area (Å²) in [4.78, 5) is 69.9. The molecule has 2 N–H and O–H groups in total. The van der Waals surface area contributed by atoms with Gasteiger partial charge in [-0.3, -0.25) is 39.1 Å². The summed E-state index contributed by atoms with van der Waals surface area (Å²) in [5.41, 5.74) is 3.98. The monoisotopic (exact) mass is 828 g/mol. The highest BCUT2D eigenvalue weighted by Crippen LogP contribution is 2.55. The van der Waals surface area contributed by atoms with Gasteiger partial charge in [-0.25, -0.2) is 0 Å². The molecule has 0 spiro atoms. The lowest BCUT2D eigenvalue weighted by Gasteiger charge is -2.63. The van der Waals surface area contributed by atoms with Gasteiger partial charge < -0.3 is 19.7 Å². The van der Waals surface area contributed by atoms with Crippen molar-refractivity contribution in [2.24, 2.45) is 16.7 Å². The van der Waals surface area contributed by atoms with Gasteiger partial charge in [0.15, 0.2) is 0 Å². The van der Waals surface area contributed by atoms with E-state index in [4.69, 9.17) is 9.47 Å². The van der Waals surface area contributed by atoms with Gasteiger partial charge in [-0.05, 0) is 99.8 Å². The normalized spacial score (nSPS) is 25.3. The molecule has 3 aromatic carbocycles. The van der Waals surface area contributed by atoms with E-state index in [0.717, 1.165) is 59.9 Å². The van der Waals surface area contributed by atoms with Crippen LogP contribution in [0.4, 0.5) is 5.69 Å². The molecule has 0 radical (unpaired) electrons. The SMILES string of the molecule is Cc1cc(OC2C(C)(C)C(NC(=O)c3ccc(N4CC(CN(C(C)C)C5CC(Oc6ccc7c(c6)C(=O)N(C6CCC(=O)NC6=O)C7=O)C5)C4)cc3)C2(C)C)cc(C)c1C#N. The van der Waals surface area contributed by atoms with Crippen LogP contribution in [-0.4, -0.2) is 95.3 Å². The lowest BCUT2D eigenvalue weighted by molar-refractivity contribution is -0.164. The van der Waals surface area contributed by atoms with Gasteiger partial charge in [-0.15, -0.1) is 0 Å². The molecule has 2 aliphatic carbocycles. The third-order valence-electron chi connectivity index (χ3n) is 13.8. The largest absolute Gasteiger partial charge is 0.490 e. The topological polar surface area (TPSA) is 161 Å². The highest BCUT2D eigenvalue weighted by molar-refractivity contribution is 6.23. The molecule has 320 valence electrons. The number of ether oxygens (including phenoxy) is 2. The number of aryl methyl sites for hydroxylation is 2. The molecule has 3 aliphatic heterocycles. The van der Waals surface area contributed by atoms with E-state index in [-0.39, 0.29) is 59.0 Å². The van der Waals surface area contributed by atoms with Crippen molar-refractivity contribution in [1.82, 2.24) is 20.4 Å². The van der Waals surface area contributed by atoms with Crippen LogP contribution in [0.1, 0.15) is 115 Å². The van der Waals surface area contributed by atoms with Gasteiger partial charge in [-0.2, -0.15) is 5.26 Å². The number of nitriles is 1. The average Bonchev–Trinajstić information content (AvgIpc) is 3.41. The van der Waals surface area contributed by atoms with Crippen molar-refractivity contribution in [2.45, 2.75) is 117 Å². The molecule has 5 amide bonds. The van der Waals surface area contributed by atoms with Gasteiger partial charge in [0.2, 0.25) is 11.8 Å². The van der Waals surface area contributed by atoms with Crippen LogP contribution in [0.2, 0.25) is 0 Å². The first-order valence-electron chi connectivity index (χ1n) is 21.5. The summed E-state index contributed by atoms with van der Waals surface area (Å²) >= 11 is 0. The van der Waals surface area contributed by atoms with Gasteiger partial charge in [0.1, 0.15) is 29.7 Å². The van der Waals surface area contributed by atoms with Crippen LogP contribution in [0.5, 0.6) is 11.5 Å². The third-order valence-corrected chi connectivity index (χ3v) is 13.8. The van der Waals surface area contributed by atoms with Crippen LogP contribution in [0.25, 0.3) is 0 Å². The number of rotatable bonds is 12. The van der Waals surface area contributed by atoms with E-state index < -0.39 is 29.7 Å². The van der Waals surface area contributed by atoms with Crippen LogP contribution in [0, 0.1) is 41.9 Å². The number of piperidine rings is 1. The smallest absolute Gasteiger partial charge is 0.262 e. The predicted molar refractivity (Wildman–Crippen MR) is 228 cm³/mol. The van der Waals surface area contributed by atoms with Crippen molar-refractivity contribution in [3.8, 4) is 17.6 Å². The van der Waals surface area contributed by atoms with Crippen molar-refractivity contribution in [3.05, 3.63) is 88.0 Å². The Bertz CT molecular complexity index is 2300. The van der Waals surface area contributed by atoms with E-state index in [1.807, 2.05) is 50.2 Å². The van der Waals surface area contributed by atoms with Crippen LogP contribution in [0.15, 0.2) is 54.6 Å². The van der Waals surface area contributed by atoms with E-state index >= 15 is 0 Å². The fraction of sp³-hybridized carbons (Fsp3) is 0.500. The first kappa shape index (κ1) is 42.0. The minimum atomic E-state index is -1.00. The average molecular weight is 829 g/mol. The first-order chi connectivity index (χ1) is 28.9. The summed E-state index contributed by atoms with van der Waals surface area (Å²) in [6, 6.07) is 18.5. The van der Waals surface area contributed by atoms with E-state index in [2.05, 4.69) is 68.0 Å². The number of hydrogen-bond donors (Lipinski definition) is 2. The number of imide groups is 2. The molecule has 8 rings (SSSR count). The molecule has 3 heterocycles. The molecule has 4 fully saturated rings. The van der Waals surface area contributed by atoms with E-state index in [1.54, 1.807) is 18.2 Å². The van der Waals surface area contributed by atoms with Gasteiger partial charge in [0.05, 0.1) is 22.8 Å². The minimum absolute atomic E-state index is 0.0184. The molecule has 13 heteroatoms. The van der Waals surface area contributed by atoms with Crippen molar-refractivity contribution in [2.75, 3.05) is 24.5 Å². The van der Waals surface area contributed by atoms with Gasteiger partial charge in [-0.1, -0.05) is 27.7 Å². The Balaban J connectivity index is 0.801. The number of fused-ring (bicyclic) bond motifs is 1. The molecule has 0 aromatic heterocycles. The highest BCUT2D eigenvalue weighted by Gasteiger charge is 2.64. The summed E-state index contributed by atoms with van der Waals surface area (Å²) in [7, 11) is 0. The fourth-order valence-corrected chi connectivity index (χ4v) is 10.7. The van der Waals surface area contributed by atoms with Crippen LogP contribution < -0.4 is 25.0 Å². The summed E-state index contributed by atoms with van der Waals surface area (Å²) < 4.78 is 12.8. The Morgan fingerprint density at radius 1 is 0.902 bits per heavy atom. The number of carbonyl (C=O) groups is 5. The molecule has 0 bridgehead atoms. The summed E-state index contributed by atoms with van der Waals surface area (Å²) in [6.07, 6.45) is 1.74. The Kier molecular flexibility index (Phi) is 10.7. The van der Waals surface area contributed by atoms with Crippen LogP contribution in [0.3, 0.4) is 0 Å². The first-order valence-corrected chi connectivity index (χ1v) is 21.5. The number of anilines is 1. The molecular weight excluding hydrogens is 773 g/mol. The molecule has 61 heavy (non-hydrogen) atoms. The number of amides is 5. The standard InChI is InChI=1S/C48H56N6O7/c1-26(2)53(32-19-35(20-32)60-33-13-14-36-37(21-33)44(59)54(43(36)58)39-15-16-40(55)50-42(39)57)25-29-23-52(24-29)31-11-9-30(10-12-31)41(56)51-45-47(5,6)46(48(45,7)8)61-34-17-27(3)38(22-49)28(4)18-34/h9-14,17-18,21,26,29,32,35,39,45-46H,15-16,19-20,23-25H2,1-8H3,(H,51,56)(H,50,55,57). The van der Waals surface area contributed by atoms with E-state index in [1.165, 1.54) is 0 Å². The maximum Gasteiger partial charge on any atom is 0.262 e. The third kappa shape index (κ3) is 7.53. The van der Waals surface area contributed by atoms with E-state index in [0.29, 0.717) is 34.9 Å². The van der Waals surface area contributed by atoms with Crippen LogP contribution in [-0.2, 0) is 9.59 Å². The Morgan fingerprint density at radius 2 is 1.54 bits per heavy atom. The molecule has 2 saturated carbocycles. The maximum absolute atomic E-state index is 13.6. The molecular formula is C48H56N6O7. The van der Waals surface area contributed by atoms with Gasteiger partial charge in [0.25, 0.3) is 17.7 Å². The molecule has 2 saturated heterocycles. The molecule has 5 aliphatic rings. The van der Waals surface area contributed by atoms with Crippen molar-refractivity contribution >= 4 is 35.2 Å². The Labute approximate surface area is 357 Å². The zero-order chi connectivity index (χ0) is 43.7. The Morgan fingerprint density at radius 3 is 2.15 bits per heavy atom. The number of carbonyl (C=O) groups excluding carboxylic acids is 5. The summed E-state index contributed by atoms with van der Waals surface area (Å²) in [6.45, 7) is 19.7. The van der Waals surface area contributed by atoms with Crippen LogP contribution >= 0.6 is 0 Å². The molecule has 13 nitrogen and oxygen atoms in total. The molecule has 1 atom stereocenters. The lowest BCUT2D eigenvalue weighted by atomic mass is 9.49. The predicted octanol–water partition coefficient (Wildman–Crippen LogP) is 5.94. The Hall–Kier alpha value is -5.74. The van der Waals surface area contributed by atoms with Gasteiger partial charge in [0, 0.05) is 85.0 Å². The maximum atomic E-state index is 13.6. The van der Waals surface area contributed by atoms with Crippen molar-refractivity contribution < 1.29 is 33.4 Å². The zero-order valence-corrected chi connectivity index (χ0v) is 36.3. The fourth-order valence-electron chi connectivity index (χ4n) is 10.7. The zero-order valence-electron chi connectivity index (χ0n) is 36.3. The van der Waals surface area contributed by atoms with Crippen molar-refractivity contribution in [1.29, 1.82) is 5.26 Å². The number of nitrogens with one attached hydrogen (secondary N) is 2. The minimum Gasteiger partial charge on any atom is -0.490 e. The second kappa shape index (κ2) is 15.6. The van der Waals surface area contributed by atoms with Gasteiger partial charge >= 0.3 is 0 Å². The number of hydrogen-bond acceptors (Lipinski definition) is 10. The molecule has 1 unspecified atom stereocenters. The lowest BCUT2D eigenvalue weighted by Crippen LogP contribution is -2.74.